The predicted octanol–water partition coefficient (Wildman–Crippen LogP) is 0.627. The van der Waals surface area contributed by atoms with Gasteiger partial charge in [-0.05, 0) is 19.3 Å². The first-order valence-electron chi connectivity index (χ1n) is 6.06. The van der Waals surface area contributed by atoms with E-state index in [2.05, 4.69) is 10.6 Å². The minimum atomic E-state index is -0.0994. The van der Waals surface area contributed by atoms with Gasteiger partial charge in [-0.2, -0.15) is 0 Å². The summed E-state index contributed by atoms with van der Waals surface area (Å²) in [6.07, 6.45) is 4.80. The molecule has 3 N–H and O–H groups in total. The van der Waals surface area contributed by atoms with Gasteiger partial charge in [0.1, 0.15) is 0 Å². The third-order valence-corrected chi connectivity index (χ3v) is 2.64. The lowest BCUT2D eigenvalue weighted by Crippen LogP contribution is -2.42. The highest BCUT2D eigenvalue weighted by molar-refractivity contribution is 5.74. The molecule has 1 unspecified atom stereocenters. The Morgan fingerprint density at radius 1 is 1.31 bits per heavy atom. The van der Waals surface area contributed by atoms with Crippen molar-refractivity contribution in [3.63, 3.8) is 0 Å². The lowest BCUT2D eigenvalue weighted by atomic mass is 10.2. The molecule has 0 aliphatic carbocycles. The summed E-state index contributed by atoms with van der Waals surface area (Å²) >= 11 is 0. The van der Waals surface area contributed by atoms with Crippen molar-refractivity contribution >= 4 is 6.03 Å². The Bertz CT molecular complexity index is 194. The number of carbonyl (C=O) groups is 1. The van der Waals surface area contributed by atoms with Crippen molar-refractivity contribution in [1.82, 2.24) is 10.6 Å². The number of ether oxygens (including phenoxy) is 1. The molecule has 0 aromatic carbocycles. The molecule has 1 rings (SSSR count). The molecule has 0 radical (unpaired) electrons. The van der Waals surface area contributed by atoms with Crippen LogP contribution in [0.5, 0.6) is 0 Å². The third-order valence-electron chi connectivity index (χ3n) is 2.64. The first-order valence-corrected chi connectivity index (χ1v) is 6.06. The van der Waals surface area contributed by atoms with E-state index >= 15 is 0 Å². The van der Waals surface area contributed by atoms with E-state index < -0.39 is 0 Å². The molecule has 2 amide bonds. The summed E-state index contributed by atoms with van der Waals surface area (Å²) in [5.74, 6) is 0. The summed E-state index contributed by atoms with van der Waals surface area (Å²) in [6.45, 7) is 2.33. The molecular weight excluding hydrogens is 208 g/mol. The van der Waals surface area contributed by atoms with Crippen molar-refractivity contribution in [1.29, 1.82) is 0 Å². The molecule has 0 aromatic heterocycles. The van der Waals surface area contributed by atoms with Crippen LogP contribution in [0.2, 0.25) is 0 Å². The van der Waals surface area contributed by atoms with Gasteiger partial charge in [0.05, 0.1) is 12.6 Å². The van der Waals surface area contributed by atoms with Crippen LogP contribution in [0.25, 0.3) is 0 Å². The van der Waals surface area contributed by atoms with Crippen molar-refractivity contribution in [3.05, 3.63) is 0 Å². The Balaban J connectivity index is 1.89. The summed E-state index contributed by atoms with van der Waals surface area (Å²) in [5.41, 5.74) is 0. The highest BCUT2D eigenvalue weighted by atomic mass is 16.5. The first-order chi connectivity index (χ1) is 7.83. The zero-order valence-electron chi connectivity index (χ0n) is 9.71. The molecule has 0 spiro atoms. The van der Waals surface area contributed by atoms with Gasteiger partial charge in [0, 0.05) is 19.8 Å². The highest BCUT2D eigenvalue weighted by Crippen LogP contribution is 2.02. The number of aliphatic hydroxyl groups excluding tert-OH is 1. The Labute approximate surface area is 96.6 Å². The molecule has 1 aliphatic rings. The molecule has 5 heteroatoms. The maximum Gasteiger partial charge on any atom is 0.315 e. The first kappa shape index (κ1) is 13.3. The Morgan fingerprint density at radius 2 is 2.12 bits per heavy atom. The molecular formula is C11H22N2O3. The number of carbonyl (C=O) groups excluding carboxylic acids is 1. The van der Waals surface area contributed by atoms with Crippen LogP contribution in [0.4, 0.5) is 4.79 Å². The molecule has 0 saturated carbocycles. The van der Waals surface area contributed by atoms with Crippen LogP contribution in [0.15, 0.2) is 0 Å². The average molecular weight is 230 g/mol. The summed E-state index contributed by atoms with van der Waals surface area (Å²) < 4.78 is 5.16. The van der Waals surface area contributed by atoms with Gasteiger partial charge in [0.25, 0.3) is 0 Å². The summed E-state index contributed by atoms with van der Waals surface area (Å²) in [6, 6.07) is 0.0760. The molecule has 1 heterocycles. The molecule has 0 aromatic rings. The minimum absolute atomic E-state index is 0.0994. The number of hydrogen-bond donors (Lipinski definition) is 3. The summed E-state index contributed by atoms with van der Waals surface area (Å²) in [5, 5.41) is 14.3. The summed E-state index contributed by atoms with van der Waals surface area (Å²) in [4.78, 5) is 11.4. The molecule has 1 saturated heterocycles. The van der Waals surface area contributed by atoms with E-state index in [1.807, 2.05) is 0 Å². The fourth-order valence-corrected chi connectivity index (χ4v) is 1.68. The highest BCUT2D eigenvalue weighted by Gasteiger charge is 2.16. The zero-order valence-corrected chi connectivity index (χ0v) is 9.71. The molecule has 5 nitrogen and oxygen atoms in total. The quantitative estimate of drug-likeness (QED) is 0.562. The van der Waals surface area contributed by atoms with Crippen molar-refractivity contribution in [2.24, 2.45) is 0 Å². The van der Waals surface area contributed by atoms with Crippen LogP contribution in [-0.4, -0.2) is 43.5 Å². The van der Waals surface area contributed by atoms with E-state index in [0.29, 0.717) is 13.2 Å². The topological polar surface area (TPSA) is 70.6 Å². The number of rotatable bonds is 7. The number of amides is 2. The minimum Gasteiger partial charge on any atom is -0.396 e. The van der Waals surface area contributed by atoms with Gasteiger partial charge in [0.15, 0.2) is 0 Å². The molecule has 16 heavy (non-hydrogen) atoms. The van der Waals surface area contributed by atoms with Crippen LogP contribution in [0.1, 0.15) is 32.1 Å². The van der Waals surface area contributed by atoms with Gasteiger partial charge >= 0.3 is 6.03 Å². The van der Waals surface area contributed by atoms with E-state index in [0.717, 1.165) is 38.7 Å². The maximum atomic E-state index is 11.4. The van der Waals surface area contributed by atoms with Crippen LogP contribution in [0.3, 0.4) is 0 Å². The van der Waals surface area contributed by atoms with Crippen LogP contribution < -0.4 is 10.6 Å². The van der Waals surface area contributed by atoms with Gasteiger partial charge in [-0.15, -0.1) is 0 Å². The Kier molecular flexibility index (Phi) is 6.92. The predicted molar refractivity (Wildman–Crippen MR) is 61.3 cm³/mol. The van der Waals surface area contributed by atoms with E-state index in [-0.39, 0.29) is 18.7 Å². The van der Waals surface area contributed by atoms with E-state index in [9.17, 15) is 4.79 Å². The fourth-order valence-electron chi connectivity index (χ4n) is 1.68. The van der Waals surface area contributed by atoms with E-state index in [1.165, 1.54) is 0 Å². The fraction of sp³-hybridized carbons (Fsp3) is 0.909. The van der Waals surface area contributed by atoms with Gasteiger partial charge in [-0.3, -0.25) is 0 Å². The van der Waals surface area contributed by atoms with Crippen molar-refractivity contribution in [2.45, 2.75) is 38.1 Å². The smallest absolute Gasteiger partial charge is 0.315 e. The van der Waals surface area contributed by atoms with E-state index in [1.54, 1.807) is 0 Å². The second-order valence-electron chi connectivity index (χ2n) is 4.10. The number of nitrogens with one attached hydrogen (secondary N) is 2. The molecule has 0 bridgehead atoms. The van der Waals surface area contributed by atoms with Crippen LogP contribution >= 0.6 is 0 Å². The number of unbranched alkanes of at least 4 members (excludes halogenated alkanes) is 3. The van der Waals surface area contributed by atoms with Crippen molar-refractivity contribution in [3.8, 4) is 0 Å². The molecule has 1 aliphatic heterocycles. The number of urea groups is 1. The van der Waals surface area contributed by atoms with Crippen molar-refractivity contribution < 1.29 is 14.6 Å². The third kappa shape index (κ3) is 5.92. The second kappa shape index (κ2) is 8.35. The number of hydrogen-bond acceptors (Lipinski definition) is 3. The summed E-state index contributed by atoms with van der Waals surface area (Å²) in [7, 11) is 0. The standard InChI is InChI=1S/C11H22N2O3/c14-7-4-2-1-3-6-12-11(15)13-10-5-8-16-9-10/h10,14H,1-9H2,(H2,12,13,15). The lowest BCUT2D eigenvalue weighted by Gasteiger charge is -2.11. The molecule has 94 valence electrons. The van der Waals surface area contributed by atoms with Gasteiger partial charge < -0.3 is 20.5 Å². The zero-order chi connectivity index (χ0) is 11.6. The van der Waals surface area contributed by atoms with Crippen LogP contribution in [-0.2, 0) is 4.74 Å². The second-order valence-corrected chi connectivity index (χ2v) is 4.10. The molecule has 1 atom stereocenters. The van der Waals surface area contributed by atoms with Gasteiger partial charge in [-0.1, -0.05) is 12.8 Å². The molecule has 1 fully saturated rings. The Morgan fingerprint density at radius 3 is 2.81 bits per heavy atom. The van der Waals surface area contributed by atoms with Gasteiger partial charge in [0.2, 0.25) is 0 Å². The number of aliphatic hydroxyl groups is 1. The van der Waals surface area contributed by atoms with Crippen molar-refractivity contribution in [2.75, 3.05) is 26.4 Å². The maximum absolute atomic E-state index is 11.4. The largest absolute Gasteiger partial charge is 0.396 e. The SMILES string of the molecule is O=C(NCCCCCCO)NC1CCOC1. The lowest BCUT2D eigenvalue weighted by molar-refractivity contribution is 0.188. The van der Waals surface area contributed by atoms with Crippen LogP contribution in [0, 0.1) is 0 Å². The van der Waals surface area contributed by atoms with E-state index in [4.69, 9.17) is 9.84 Å². The average Bonchev–Trinajstić information content (AvgIpc) is 2.76. The van der Waals surface area contributed by atoms with Gasteiger partial charge in [-0.25, -0.2) is 4.79 Å². The monoisotopic (exact) mass is 230 g/mol. The Hall–Kier alpha value is -0.810. The normalized spacial score (nSPS) is 19.7.